The first-order valence-corrected chi connectivity index (χ1v) is 7.12. The Morgan fingerprint density at radius 2 is 1.95 bits per heavy atom. The lowest BCUT2D eigenvalue weighted by atomic mass is 10.0. The highest BCUT2D eigenvalue weighted by Gasteiger charge is 2.25. The zero-order valence-corrected chi connectivity index (χ0v) is 12.1. The predicted octanol–water partition coefficient (Wildman–Crippen LogP) is 2.03. The maximum absolute atomic E-state index is 10.1. The second-order valence-electron chi connectivity index (χ2n) is 4.64. The number of hydrogen-bond donors (Lipinski definition) is 3. The average Bonchev–Trinajstić information content (AvgIpc) is 2.41. The summed E-state index contributed by atoms with van der Waals surface area (Å²) < 4.78 is 0. The Kier molecular flexibility index (Phi) is 5.30. The van der Waals surface area contributed by atoms with Crippen molar-refractivity contribution in [1.82, 2.24) is 10.2 Å². The van der Waals surface area contributed by atoms with Gasteiger partial charge in [0, 0.05) is 49.4 Å². The van der Waals surface area contributed by atoms with Gasteiger partial charge in [0.05, 0.1) is 5.02 Å². The summed E-state index contributed by atoms with van der Waals surface area (Å²) in [6.07, 6.45) is 0.546. The van der Waals surface area contributed by atoms with Crippen LogP contribution in [0.25, 0.3) is 0 Å². The van der Waals surface area contributed by atoms with Gasteiger partial charge in [-0.05, 0) is 18.6 Å². The second-order valence-corrected chi connectivity index (χ2v) is 5.48. The van der Waals surface area contributed by atoms with Gasteiger partial charge in [0.1, 0.15) is 5.75 Å². The van der Waals surface area contributed by atoms with Gasteiger partial charge in [0.25, 0.3) is 0 Å². The highest BCUT2D eigenvalue weighted by atomic mass is 35.5. The summed E-state index contributed by atoms with van der Waals surface area (Å²) in [5.41, 5.74) is 0.688. The molecule has 0 amide bonds. The van der Waals surface area contributed by atoms with Gasteiger partial charge in [0.2, 0.25) is 0 Å². The van der Waals surface area contributed by atoms with Gasteiger partial charge in [-0.3, -0.25) is 4.90 Å². The van der Waals surface area contributed by atoms with E-state index in [1.54, 1.807) is 6.07 Å². The van der Waals surface area contributed by atoms with Crippen molar-refractivity contribution < 1.29 is 10.2 Å². The fourth-order valence-electron chi connectivity index (χ4n) is 2.49. The Bertz CT molecular complexity index is 437. The molecule has 1 fully saturated rings. The van der Waals surface area contributed by atoms with E-state index in [4.69, 9.17) is 23.2 Å². The smallest absolute Gasteiger partial charge is 0.139 e. The lowest BCUT2D eigenvalue weighted by Crippen LogP contribution is -2.45. The maximum Gasteiger partial charge on any atom is 0.139 e. The van der Waals surface area contributed by atoms with Crippen LogP contribution in [0.4, 0.5) is 0 Å². The number of aliphatic hydroxyl groups is 1. The molecule has 4 nitrogen and oxygen atoms in total. The SMILES string of the molecule is OCC[C@H](c1cc(Cl)cc(Cl)c1O)N1CCNCC1. The van der Waals surface area contributed by atoms with Gasteiger partial charge < -0.3 is 15.5 Å². The van der Waals surface area contributed by atoms with Crippen molar-refractivity contribution in [1.29, 1.82) is 0 Å². The van der Waals surface area contributed by atoms with Crippen molar-refractivity contribution in [3.8, 4) is 5.75 Å². The molecule has 1 aromatic carbocycles. The quantitative estimate of drug-likeness (QED) is 0.797. The molecule has 0 bridgehead atoms. The Balaban J connectivity index is 2.32. The molecule has 1 heterocycles. The number of nitrogens with zero attached hydrogens (tertiary/aromatic N) is 1. The van der Waals surface area contributed by atoms with Gasteiger partial charge >= 0.3 is 0 Å². The van der Waals surface area contributed by atoms with Gasteiger partial charge in [-0.15, -0.1) is 0 Å². The summed E-state index contributed by atoms with van der Waals surface area (Å²) in [4.78, 5) is 2.23. The fraction of sp³-hybridized carbons (Fsp3) is 0.538. The van der Waals surface area contributed by atoms with Crippen LogP contribution in [0.3, 0.4) is 0 Å². The van der Waals surface area contributed by atoms with Crippen molar-refractivity contribution in [3.05, 3.63) is 27.7 Å². The van der Waals surface area contributed by atoms with Crippen LogP contribution < -0.4 is 5.32 Å². The maximum atomic E-state index is 10.1. The Morgan fingerprint density at radius 3 is 2.58 bits per heavy atom. The molecule has 0 aromatic heterocycles. The minimum Gasteiger partial charge on any atom is -0.506 e. The number of aliphatic hydroxyl groups excluding tert-OH is 1. The van der Waals surface area contributed by atoms with Crippen LogP contribution in [0.2, 0.25) is 10.0 Å². The molecule has 1 atom stereocenters. The minimum atomic E-state index is -0.0664. The largest absolute Gasteiger partial charge is 0.506 e. The molecule has 0 spiro atoms. The van der Waals surface area contributed by atoms with Crippen LogP contribution >= 0.6 is 23.2 Å². The summed E-state index contributed by atoms with van der Waals surface area (Å²) in [5.74, 6) is 0.0584. The number of hydrogen-bond acceptors (Lipinski definition) is 4. The van der Waals surface area contributed by atoms with Crippen LogP contribution in [0.15, 0.2) is 12.1 Å². The first-order valence-electron chi connectivity index (χ1n) is 6.37. The molecular weight excluding hydrogens is 287 g/mol. The summed E-state index contributed by atoms with van der Waals surface area (Å²) in [7, 11) is 0. The molecule has 19 heavy (non-hydrogen) atoms. The van der Waals surface area contributed by atoms with Crippen molar-refractivity contribution in [3.63, 3.8) is 0 Å². The van der Waals surface area contributed by atoms with E-state index in [1.807, 2.05) is 0 Å². The van der Waals surface area contributed by atoms with Crippen LogP contribution in [0.5, 0.6) is 5.75 Å². The van der Waals surface area contributed by atoms with E-state index in [-0.39, 0.29) is 23.4 Å². The topological polar surface area (TPSA) is 55.7 Å². The van der Waals surface area contributed by atoms with Crippen molar-refractivity contribution in [2.75, 3.05) is 32.8 Å². The predicted molar refractivity (Wildman–Crippen MR) is 77.0 cm³/mol. The number of phenols is 1. The molecule has 106 valence electrons. The zero-order valence-electron chi connectivity index (χ0n) is 10.6. The van der Waals surface area contributed by atoms with Crippen molar-refractivity contribution >= 4 is 23.2 Å². The number of rotatable bonds is 4. The van der Waals surface area contributed by atoms with E-state index >= 15 is 0 Å². The molecule has 0 unspecified atom stereocenters. The first-order chi connectivity index (χ1) is 9.13. The van der Waals surface area contributed by atoms with E-state index in [2.05, 4.69) is 10.2 Å². The van der Waals surface area contributed by atoms with Crippen LogP contribution in [0.1, 0.15) is 18.0 Å². The average molecular weight is 305 g/mol. The number of nitrogens with one attached hydrogen (secondary N) is 1. The van der Waals surface area contributed by atoms with Crippen LogP contribution in [0, 0.1) is 0 Å². The third-order valence-corrected chi connectivity index (χ3v) is 3.92. The molecule has 0 saturated carbocycles. The molecular formula is C13H18Cl2N2O2. The zero-order chi connectivity index (χ0) is 13.8. The summed E-state index contributed by atoms with van der Waals surface area (Å²) in [6.45, 7) is 3.59. The summed E-state index contributed by atoms with van der Waals surface area (Å²) >= 11 is 12.0. The number of benzene rings is 1. The highest BCUT2D eigenvalue weighted by molar-refractivity contribution is 6.35. The fourth-order valence-corrected chi connectivity index (χ4v) is 3.00. The molecule has 0 radical (unpaired) electrons. The van der Waals surface area contributed by atoms with Gasteiger partial charge in [-0.25, -0.2) is 0 Å². The summed E-state index contributed by atoms with van der Waals surface area (Å²) in [5, 5.41) is 23.4. The van der Waals surface area contributed by atoms with E-state index in [0.717, 1.165) is 26.2 Å². The Labute approximate surface area is 122 Å². The third-order valence-electron chi connectivity index (χ3n) is 3.41. The number of phenolic OH excluding ortho intramolecular Hbond substituents is 1. The molecule has 1 aliphatic rings. The monoisotopic (exact) mass is 304 g/mol. The Hall–Kier alpha value is -0.520. The van der Waals surface area contributed by atoms with E-state index in [9.17, 15) is 10.2 Å². The summed E-state index contributed by atoms with van der Waals surface area (Å²) in [6, 6.07) is 3.18. The van der Waals surface area contributed by atoms with Crippen LogP contribution in [-0.4, -0.2) is 47.9 Å². The number of aromatic hydroxyl groups is 1. The standard InChI is InChI=1S/C13H18Cl2N2O2/c14-9-7-10(13(19)11(15)8-9)12(1-6-18)17-4-2-16-3-5-17/h7-8,12,16,18-19H,1-6H2/t12-/m1/s1. The molecule has 1 saturated heterocycles. The Morgan fingerprint density at radius 1 is 1.26 bits per heavy atom. The van der Waals surface area contributed by atoms with E-state index in [1.165, 1.54) is 6.07 Å². The van der Waals surface area contributed by atoms with Gasteiger partial charge in [0.15, 0.2) is 0 Å². The highest BCUT2D eigenvalue weighted by Crippen LogP contribution is 2.38. The van der Waals surface area contributed by atoms with E-state index < -0.39 is 0 Å². The molecule has 0 aliphatic carbocycles. The first kappa shape index (κ1) is 14.9. The number of piperazine rings is 1. The third kappa shape index (κ3) is 3.52. The van der Waals surface area contributed by atoms with Crippen molar-refractivity contribution in [2.45, 2.75) is 12.5 Å². The van der Waals surface area contributed by atoms with Crippen molar-refractivity contribution in [2.24, 2.45) is 0 Å². The normalized spacial score (nSPS) is 18.5. The minimum absolute atomic E-state index is 0.0537. The van der Waals surface area contributed by atoms with Gasteiger partial charge in [-0.2, -0.15) is 0 Å². The molecule has 6 heteroatoms. The van der Waals surface area contributed by atoms with E-state index in [0.29, 0.717) is 17.0 Å². The molecule has 1 aromatic rings. The lowest BCUT2D eigenvalue weighted by Gasteiger charge is -2.35. The second kappa shape index (κ2) is 6.77. The molecule has 2 rings (SSSR count). The molecule has 3 N–H and O–H groups in total. The number of halogens is 2. The molecule has 1 aliphatic heterocycles. The van der Waals surface area contributed by atoms with Crippen LogP contribution in [-0.2, 0) is 0 Å². The lowest BCUT2D eigenvalue weighted by molar-refractivity contribution is 0.139. The van der Waals surface area contributed by atoms with Gasteiger partial charge in [-0.1, -0.05) is 23.2 Å².